The predicted octanol–water partition coefficient (Wildman–Crippen LogP) is 7.98. The molecule has 33 heavy (non-hydrogen) atoms. The molecule has 1 aliphatic rings. The molecule has 0 radical (unpaired) electrons. The van der Waals surface area contributed by atoms with Crippen molar-refractivity contribution in [1.29, 1.82) is 0 Å². The molecule has 0 spiro atoms. The van der Waals surface area contributed by atoms with Crippen LogP contribution in [0.15, 0.2) is 114 Å². The molecule has 0 atom stereocenters. The second kappa shape index (κ2) is 10.4. The van der Waals surface area contributed by atoms with Gasteiger partial charge in [-0.1, -0.05) is 0 Å². The van der Waals surface area contributed by atoms with E-state index in [1.54, 1.807) is 0 Å². The van der Waals surface area contributed by atoms with Crippen molar-refractivity contribution in [3.8, 4) is 0 Å². The predicted molar refractivity (Wildman–Crippen MR) is 150 cm³/mol. The molecule has 1 aliphatic carbocycles. The van der Waals surface area contributed by atoms with E-state index < -0.39 is 5.31 Å². The van der Waals surface area contributed by atoms with Gasteiger partial charge in [0.25, 0.3) is 0 Å². The first-order chi connectivity index (χ1) is 16.1. The molecule has 0 aromatic heterocycles. The zero-order valence-corrected chi connectivity index (χ0v) is 22.2. The molecule has 0 N–H and O–H groups in total. The molecule has 0 saturated carbocycles. The second-order valence-electron chi connectivity index (χ2n) is 9.04. The normalized spacial score (nSPS) is 15.8. The Balaban J connectivity index is 2.11. The summed E-state index contributed by atoms with van der Waals surface area (Å²) in [6, 6.07) is 33.2. The number of ether oxygens (including phenoxy) is 1. The number of hydrogen-bond acceptors (Lipinski definition) is 1. The summed E-state index contributed by atoms with van der Waals surface area (Å²) in [5.74, 6) is 1.18. The average molecular weight is 521 g/mol. The van der Waals surface area contributed by atoms with Gasteiger partial charge in [0.15, 0.2) is 0 Å². The molecule has 0 bridgehead atoms. The van der Waals surface area contributed by atoms with Crippen molar-refractivity contribution in [2.24, 2.45) is 0 Å². The van der Waals surface area contributed by atoms with E-state index in [-0.39, 0.29) is 0 Å². The second-order valence-corrected chi connectivity index (χ2v) is 17.4. The Labute approximate surface area is 207 Å². The van der Waals surface area contributed by atoms with Crippen LogP contribution in [-0.4, -0.2) is 6.61 Å². The quantitative estimate of drug-likeness (QED) is 0.226. The van der Waals surface area contributed by atoms with Gasteiger partial charge in [-0.15, -0.1) is 0 Å². The van der Waals surface area contributed by atoms with Crippen molar-refractivity contribution < 1.29 is 4.74 Å². The van der Waals surface area contributed by atoms with Gasteiger partial charge in [-0.05, 0) is 0 Å². The first-order valence-corrected chi connectivity index (χ1v) is 16.2. The first-order valence-electron chi connectivity index (χ1n) is 11.9. The maximum absolute atomic E-state index is 6.63. The van der Waals surface area contributed by atoms with Gasteiger partial charge in [-0.3, -0.25) is 0 Å². The molecule has 0 aliphatic heterocycles. The third-order valence-electron chi connectivity index (χ3n) is 6.62. The Kier molecular flexibility index (Phi) is 7.57. The van der Waals surface area contributed by atoms with Crippen LogP contribution in [0.2, 0.25) is 0 Å². The molecule has 0 saturated heterocycles. The van der Waals surface area contributed by atoms with Gasteiger partial charge in [0.1, 0.15) is 0 Å². The van der Waals surface area contributed by atoms with Crippen LogP contribution in [0.4, 0.5) is 0 Å². The fraction of sp³-hybridized carbons (Fsp3) is 0.267. The molecule has 4 rings (SSSR count). The first kappa shape index (κ1) is 24.0. The standard InChI is InChI=1S/C30H34BrOP/c1-25(2)23-24-32-29-21-13-6-14-22-30(29)33(31,26-15-7-3-8-16-26,27-17-9-4-10-18-27)28-19-11-5-12-20-28/h3-5,7-12,15-20,23H,6,13-14,21-22,24H2,1-2H3. The SMILES string of the molecule is CC(C)=CCOC1=C(P(Br)(c2ccccc2)(c2ccccc2)c2ccccc2)CCCCC1. The van der Waals surface area contributed by atoms with Crippen LogP contribution in [0.1, 0.15) is 46.0 Å². The van der Waals surface area contributed by atoms with Crippen LogP contribution in [0.25, 0.3) is 0 Å². The molecule has 3 aromatic carbocycles. The van der Waals surface area contributed by atoms with Crippen LogP contribution in [0.5, 0.6) is 0 Å². The fourth-order valence-corrected chi connectivity index (χ4v) is 13.5. The van der Waals surface area contributed by atoms with Crippen molar-refractivity contribution in [3.63, 3.8) is 0 Å². The van der Waals surface area contributed by atoms with E-state index in [1.165, 1.54) is 51.8 Å². The molecule has 3 aromatic rings. The summed E-state index contributed by atoms with van der Waals surface area (Å²) in [5.41, 5.74) is 1.29. The van der Waals surface area contributed by atoms with Gasteiger partial charge < -0.3 is 0 Å². The van der Waals surface area contributed by atoms with Crippen molar-refractivity contribution in [2.75, 3.05) is 6.61 Å². The molecule has 1 nitrogen and oxygen atoms in total. The summed E-state index contributed by atoms with van der Waals surface area (Å²) < 4.78 is 6.63. The molecular weight excluding hydrogens is 487 g/mol. The van der Waals surface area contributed by atoms with Crippen LogP contribution in [0.3, 0.4) is 0 Å². The van der Waals surface area contributed by atoms with E-state index in [0.717, 1.165) is 12.8 Å². The van der Waals surface area contributed by atoms with Gasteiger partial charge in [0.05, 0.1) is 0 Å². The Hall–Kier alpha value is -2.15. The van der Waals surface area contributed by atoms with Crippen LogP contribution in [-0.2, 0) is 4.74 Å². The Morgan fingerprint density at radius 1 is 0.727 bits per heavy atom. The van der Waals surface area contributed by atoms with Gasteiger partial charge in [0.2, 0.25) is 0 Å². The van der Waals surface area contributed by atoms with Crippen molar-refractivity contribution in [1.82, 2.24) is 0 Å². The number of benzene rings is 3. The van der Waals surface area contributed by atoms with Gasteiger partial charge in [-0.25, -0.2) is 0 Å². The van der Waals surface area contributed by atoms with Crippen LogP contribution in [0, 0.1) is 0 Å². The molecule has 172 valence electrons. The van der Waals surface area contributed by atoms with E-state index in [4.69, 9.17) is 4.74 Å². The average Bonchev–Trinajstić information content (AvgIpc) is 3.11. The summed E-state index contributed by atoms with van der Waals surface area (Å²) in [6.07, 6.45) is 7.79. The van der Waals surface area contributed by atoms with Crippen molar-refractivity contribution >= 4 is 36.7 Å². The summed E-state index contributed by atoms with van der Waals surface area (Å²) in [6.45, 7) is 4.89. The molecule has 0 amide bonds. The third kappa shape index (κ3) is 4.48. The van der Waals surface area contributed by atoms with E-state index in [1.807, 2.05) is 0 Å². The molecule has 0 fully saturated rings. The third-order valence-corrected chi connectivity index (χ3v) is 16.9. The van der Waals surface area contributed by atoms with E-state index in [0.29, 0.717) is 6.61 Å². The van der Waals surface area contributed by atoms with Gasteiger partial charge >= 0.3 is 208 Å². The van der Waals surface area contributed by atoms with Crippen molar-refractivity contribution in [2.45, 2.75) is 46.0 Å². The number of halogens is 1. The number of hydrogen-bond donors (Lipinski definition) is 0. The van der Waals surface area contributed by atoms with Crippen LogP contribution < -0.4 is 15.9 Å². The van der Waals surface area contributed by atoms with Gasteiger partial charge in [-0.2, -0.15) is 0 Å². The van der Waals surface area contributed by atoms with Gasteiger partial charge in [0, 0.05) is 0 Å². The monoisotopic (exact) mass is 520 g/mol. The van der Waals surface area contributed by atoms with Crippen LogP contribution >= 0.6 is 20.8 Å². The number of allylic oxidation sites excluding steroid dienone is 3. The molecule has 0 heterocycles. The Bertz CT molecular complexity index is 1020. The molecule has 0 unspecified atom stereocenters. The van der Waals surface area contributed by atoms with E-state index >= 15 is 0 Å². The summed E-state index contributed by atoms with van der Waals surface area (Å²) in [7, 11) is 0. The van der Waals surface area contributed by atoms with E-state index in [9.17, 15) is 0 Å². The molecular formula is C30H34BrOP. The summed E-state index contributed by atoms with van der Waals surface area (Å²) >= 11 is 4.65. The summed E-state index contributed by atoms with van der Waals surface area (Å²) in [4.78, 5) is 0. The minimum absolute atomic E-state index is 0.624. The van der Waals surface area contributed by atoms with E-state index in [2.05, 4.69) is 126 Å². The minimum atomic E-state index is -3.18. The Morgan fingerprint density at radius 3 is 1.64 bits per heavy atom. The fourth-order valence-electron chi connectivity index (χ4n) is 4.99. The topological polar surface area (TPSA) is 9.23 Å². The number of rotatable bonds is 7. The zero-order chi connectivity index (χ0) is 23.2. The summed E-state index contributed by atoms with van der Waals surface area (Å²) in [5, 5.41) is 2.28. The molecule has 3 heteroatoms. The Morgan fingerprint density at radius 2 is 1.18 bits per heavy atom. The van der Waals surface area contributed by atoms with Crippen molar-refractivity contribution in [3.05, 3.63) is 114 Å². The maximum atomic E-state index is 6.63. The zero-order valence-electron chi connectivity index (χ0n) is 19.7.